The first kappa shape index (κ1) is 21.9. The molecule has 5 rings (SSSR count). The van der Waals surface area contributed by atoms with Crippen LogP contribution in [0.4, 0.5) is 5.69 Å². The molecule has 0 amide bonds. The quantitative estimate of drug-likeness (QED) is 0.461. The third-order valence-corrected chi connectivity index (χ3v) is 6.87. The maximum absolute atomic E-state index is 12.5. The molecule has 0 radical (unpaired) electrons. The molecular weight excluding hydrogens is 415 g/mol. The number of hydrogen-bond donors (Lipinski definition) is 1. The molecule has 33 heavy (non-hydrogen) atoms. The van der Waals surface area contributed by atoms with Crippen molar-refractivity contribution in [1.29, 1.82) is 0 Å². The zero-order valence-corrected chi connectivity index (χ0v) is 19.2. The number of nitrogens with zero attached hydrogens (tertiary/aromatic N) is 3. The summed E-state index contributed by atoms with van der Waals surface area (Å²) in [5.41, 5.74) is 8.87. The van der Waals surface area contributed by atoms with Crippen LogP contribution in [0.25, 0.3) is 10.9 Å². The summed E-state index contributed by atoms with van der Waals surface area (Å²) in [4.78, 5) is 17.4. The average molecular weight is 446 g/mol. The number of likely N-dealkylation sites (tertiary alicyclic amines) is 1. The fourth-order valence-electron chi connectivity index (χ4n) is 4.98. The largest absolute Gasteiger partial charge is 0.486 e. The molecule has 3 aromatic rings. The van der Waals surface area contributed by atoms with E-state index in [9.17, 15) is 4.79 Å². The van der Waals surface area contributed by atoms with Crippen LogP contribution in [0.15, 0.2) is 53.3 Å². The summed E-state index contributed by atoms with van der Waals surface area (Å²) in [7, 11) is 2.21. The van der Waals surface area contributed by atoms with E-state index in [1.54, 1.807) is 6.07 Å². The highest BCUT2D eigenvalue weighted by atomic mass is 16.6. The van der Waals surface area contributed by atoms with E-state index < -0.39 is 0 Å². The van der Waals surface area contributed by atoms with Gasteiger partial charge in [0.1, 0.15) is 13.2 Å². The van der Waals surface area contributed by atoms with Crippen molar-refractivity contribution >= 4 is 24.6 Å². The highest BCUT2D eigenvalue weighted by molar-refractivity contribution is 6.04. The Bertz CT molecular complexity index is 1190. The fraction of sp³-hybridized carbons (Fsp3) is 0.400. The van der Waals surface area contributed by atoms with Gasteiger partial charge in [-0.2, -0.15) is 0 Å². The summed E-state index contributed by atoms with van der Waals surface area (Å²) in [6.07, 6.45) is 2.25. The maximum atomic E-state index is 12.5. The van der Waals surface area contributed by atoms with Gasteiger partial charge in [-0.15, -0.1) is 0 Å². The predicted molar refractivity (Wildman–Crippen MR) is 134 cm³/mol. The van der Waals surface area contributed by atoms with E-state index in [0.29, 0.717) is 25.8 Å². The number of benzene rings is 2. The molecule has 2 aliphatic heterocycles. The molecule has 2 aromatic carbocycles. The van der Waals surface area contributed by atoms with Crippen LogP contribution in [-0.4, -0.2) is 61.1 Å². The molecule has 8 heteroatoms. The Morgan fingerprint density at radius 2 is 1.76 bits per heavy atom. The van der Waals surface area contributed by atoms with Crippen molar-refractivity contribution in [2.75, 3.05) is 38.6 Å². The summed E-state index contributed by atoms with van der Waals surface area (Å²) in [6.45, 7) is 5.79. The molecule has 0 spiro atoms. The van der Waals surface area contributed by atoms with Crippen molar-refractivity contribution in [2.24, 2.45) is 0 Å². The van der Waals surface area contributed by atoms with E-state index in [1.807, 2.05) is 34.9 Å². The minimum atomic E-state index is 0.0429. The number of rotatable bonds is 6. The van der Waals surface area contributed by atoms with Crippen molar-refractivity contribution in [3.63, 3.8) is 0 Å². The Labute approximate surface area is 195 Å². The topological polar surface area (TPSA) is 73.0 Å². The molecule has 0 aliphatic carbocycles. The summed E-state index contributed by atoms with van der Waals surface area (Å²) >= 11 is 0. The van der Waals surface area contributed by atoms with Gasteiger partial charge in [0.05, 0.1) is 5.52 Å². The fourth-order valence-corrected chi connectivity index (χ4v) is 4.98. The van der Waals surface area contributed by atoms with E-state index in [-0.39, 0.29) is 5.56 Å². The van der Waals surface area contributed by atoms with Crippen LogP contribution >= 0.6 is 0 Å². The van der Waals surface area contributed by atoms with Gasteiger partial charge in [0.2, 0.25) is 0 Å². The molecule has 1 aromatic heterocycles. The van der Waals surface area contributed by atoms with Crippen molar-refractivity contribution in [2.45, 2.75) is 32.0 Å². The second-order valence-electron chi connectivity index (χ2n) is 9.11. The lowest BCUT2D eigenvalue weighted by Gasteiger charge is -2.37. The molecule has 2 aliphatic rings. The number of ether oxygens (including phenoxy) is 2. The lowest BCUT2D eigenvalue weighted by Crippen LogP contribution is -2.44. The third-order valence-electron chi connectivity index (χ3n) is 6.87. The smallest absolute Gasteiger partial charge is 0.251 e. The van der Waals surface area contributed by atoms with E-state index in [1.165, 1.54) is 5.56 Å². The van der Waals surface area contributed by atoms with Gasteiger partial charge in [0.15, 0.2) is 19.5 Å². The molecule has 1 fully saturated rings. The standard InChI is InChI=1S/C25H31BN4O3/c26-30(17-18-1-5-23-24(15-18)33-14-13-32-23)21-7-9-28(10-8-21)11-12-29-22-4-3-20(27)16-19(22)2-6-25(29)31/h1-6,15-16,21H,7-14,17,26-27H2. The monoisotopic (exact) mass is 446 g/mol. The molecule has 0 saturated carbocycles. The normalized spacial score (nSPS) is 17.0. The van der Waals surface area contributed by atoms with Crippen LogP contribution in [0.3, 0.4) is 0 Å². The van der Waals surface area contributed by atoms with Crippen molar-refractivity contribution in [3.05, 3.63) is 64.4 Å². The van der Waals surface area contributed by atoms with Crippen LogP contribution in [0.2, 0.25) is 0 Å². The highest BCUT2D eigenvalue weighted by Crippen LogP contribution is 2.31. The minimum absolute atomic E-state index is 0.0429. The highest BCUT2D eigenvalue weighted by Gasteiger charge is 2.23. The number of pyridine rings is 1. The van der Waals surface area contributed by atoms with Crippen molar-refractivity contribution in [1.82, 2.24) is 14.3 Å². The van der Waals surface area contributed by atoms with Gasteiger partial charge in [-0.05, 0) is 67.9 Å². The van der Waals surface area contributed by atoms with E-state index >= 15 is 0 Å². The zero-order chi connectivity index (χ0) is 22.8. The van der Waals surface area contributed by atoms with Crippen LogP contribution < -0.4 is 20.8 Å². The number of piperidine rings is 1. The van der Waals surface area contributed by atoms with E-state index in [2.05, 4.69) is 29.8 Å². The van der Waals surface area contributed by atoms with Crippen LogP contribution in [-0.2, 0) is 13.1 Å². The Balaban J connectivity index is 1.15. The molecular formula is C25H31BN4O3. The Kier molecular flexibility index (Phi) is 6.29. The van der Waals surface area contributed by atoms with E-state index in [4.69, 9.17) is 15.2 Å². The molecule has 0 bridgehead atoms. The number of fused-ring (bicyclic) bond motifs is 2. The van der Waals surface area contributed by atoms with Gasteiger partial charge in [0, 0.05) is 42.8 Å². The molecule has 172 valence electrons. The van der Waals surface area contributed by atoms with Gasteiger partial charge < -0.3 is 29.5 Å². The maximum Gasteiger partial charge on any atom is 0.251 e. The number of hydrogen-bond acceptors (Lipinski definition) is 6. The zero-order valence-electron chi connectivity index (χ0n) is 19.2. The van der Waals surface area contributed by atoms with E-state index in [0.717, 1.165) is 67.1 Å². The Hall–Kier alpha value is -2.97. The van der Waals surface area contributed by atoms with Crippen molar-refractivity contribution in [3.8, 4) is 11.5 Å². The molecule has 0 atom stereocenters. The van der Waals surface area contributed by atoms with Crippen LogP contribution in [0.1, 0.15) is 18.4 Å². The molecule has 2 N–H and O–H groups in total. The summed E-state index contributed by atoms with van der Waals surface area (Å²) < 4.78 is 13.2. The van der Waals surface area contributed by atoms with Gasteiger partial charge >= 0.3 is 0 Å². The summed E-state index contributed by atoms with van der Waals surface area (Å²) in [5.74, 6) is 1.70. The Morgan fingerprint density at radius 1 is 0.970 bits per heavy atom. The Morgan fingerprint density at radius 3 is 2.58 bits per heavy atom. The molecule has 7 nitrogen and oxygen atoms in total. The third kappa shape index (κ3) is 4.87. The lowest BCUT2D eigenvalue weighted by atomic mass is 9.99. The van der Waals surface area contributed by atoms with Gasteiger partial charge in [-0.1, -0.05) is 6.07 Å². The van der Waals surface area contributed by atoms with Gasteiger partial charge in [-0.3, -0.25) is 4.79 Å². The second-order valence-corrected chi connectivity index (χ2v) is 9.11. The first-order valence-electron chi connectivity index (χ1n) is 11.8. The van der Waals surface area contributed by atoms with Gasteiger partial charge in [-0.25, -0.2) is 0 Å². The number of nitrogens with two attached hydrogens (primary N) is 1. The summed E-state index contributed by atoms with van der Waals surface area (Å²) in [5, 5.41) is 1.01. The lowest BCUT2D eigenvalue weighted by molar-refractivity contribution is 0.153. The minimum Gasteiger partial charge on any atom is -0.486 e. The number of nitrogen functional groups attached to an aromatic ring is 1. The number of aromatic nitrogens is 1. The summed E-state index contributed by atoms with van der Waals surface area (Å²) in [6, 6.07) is 16.0. The van der Waals surface area contributed by atoms with Crippen molar-refractivity contribution < 1.29 is 9.47 Å². The molecule has 0 unspecified atom stereocenters. The first-order chi connectivity index (χ1) is 16.1. The predicted octanol–water partition coefficient (Wildman–Crippen LogP) is 1.87. The number of anilines is 1. The second kappa shape index (κ2) is 9.49. The molecule has 1 saturated heterocycles. The van der Waals surface area contributed by atoms with Crippen LogP contribution in [0, 0.1) is 0 Å². The van der Waals surface area contributed by atoms with Gasteiger partial charge in [0.25, 0.3) is 5.56 Å². The van der Waals surface area contributed by atoms with Crippen LogP contribution in [0.5, 0.6) is 11.5 Å². The average Bonchev–Trinajstić information content (AvgIpc) is 2.83. The molecule has 3 heterocycles. The first-order valence-corrected chi connectivity index (χ1v) is 11.8. The SMILES string of the molecule is BN(Cc1ccc2c(c1)OCCO2)C1CCN(CCn2c(=O)ccc3cc(N)ccc32)CC1.